The summed E-state index contributed by atoms with van der Waals surface area (Å²) < 4.78 is 0. The summed E-state index contributed by atoms with van der Waals surface area (Å²) in [7, 11) is -1.89. The van der Waals surface area contributed by atoms with Crippen LogP contribution in [0, 0.1) is 6.04 Å². The van der Waals surface area contributed by atoms with Crippen molar-refractivity contribution in [2.24, 2.45) is 0 Å². The van der Waals surface area contributed by atoms with E-state index >= 15 is 0 Å². The first-order chi connectivity index (χ1) is 4.71. The number of allylic oxidation sites excluding steroid dienone is 1. The first-order valence-electron chi connectivity index (χ1n) is 4.24. The molecule has 0 aliphatic carbocycles. The van der Waals surface area contributed by atoms with Crippen LogP contribution in [0.1, 0.15) is 0 Å². The molecule has 0 fully saturated rings. The van der Waals surface area contributed by atoms with E-state index in [0.717, 1.165) is 0 Å². The Kier molecular flexibility index (Phi) is 8.35. The number of hydrogen-bond donors (Lipinski definition) is 0. The molecule has 12 heavy (non-hydrogen) atoms. The van der Waals surface area contributed by atoms with E-state index < -0.39 is 16.1 Å². The van der Waals surface area contributed by atoms with Crippen LogP contribution in [0.25, 0.3) is 0 Å². The summed E-state index contributed by atoms with van der Waals surface area (Å²) in [6, 6.07) is 2.41. The van der Waals surface area contributed by atoms with E-state index in [9.17, 15) is 0 Å². The molecule has 0 aromatic heterocycles. The zero-order valence-electron chi connectivity index (χ0n) is 9.73. The molecule has 66 valence electrons. The summed E-state index contributed by atoms with van der Waals surface area (Å²) in [5.74, 6) is 0. The minimum Gasteiger partial charge on any atom is -0.235 e. The van der Waals surface area contributed by atoms with E-state index in [1.807, 2.05) is 0 Å². The summed E-state index contributed by atoms with van der Waals surface area (Å²) in [4.78, 5) is 0. The first-order valence-corrected chi connectivity index (χ1v) is 11.4. The molecule has 0 aliphatic rings. The Bertz CT molecular complexity index is 140. The van der Waals surface area contributed by atoms with Crippen LogP contribution in [0.15, 0.2) is 11.8 Å². The number of rotatable bonds is 3. The van der Waals surface area contributed by atoms with Crippen LogP contribution in [0.5, 0.6) is 0 Å². The largest absolute Gasteiger partial charge is 1.00 e. The van der Waals surface area contributed by atoms with Crippen molar-refractivity contribution in [1.29, 1.82) is 0 Å². The fourth-order valence-corrected chi connectivity index (χ4v) is 2.17. The molecule has 0 unspecified atom stereocenters. The summed E-state index contributed by atoms with van der Waals surface area (Å²) in [5, 5.41) is 0. The Morgan fingerprint density at radius 2 is 1.33 bits per heavy atom. The van der Waals surface area contributed by atoms with Crippen molar-refractivity contribution >= 4 is 16.1 Å². The maximum Gasteiger partial charge on any atom is 1.00 e. The van der Waals surface area contributed by atoms with Crippen molar-refractivity contribution in [1.82, 2.24) is 0 Å². The molecule has 0 N–H and O–H groups in total. The smallest absolute Gasteiger partial charge is 0.235 e. The molecule has 0 aromatic carbocycles. The molecule has 0 radical (unpaired) electrons. The molecule has 0 rings (SSSR count). The third kappa shape index (κ3) is 14.2. The fraction of sp³-hybridized carbons (Fsp3) is 0.667. The van der Waals surface area contributed by atoms with Crippen molar-refractivity contribution in [2.75, 3.05) is 0 Å². The van der Waals surface area contributed by atoms with E-state index in [0.29, 0.717) is 0 Å². The monoisotopic (exact) mass is 224 g/mol. The van der Waals surface area contributed by atoms with Crippen LogP contribution in [0.4, 0.5) is 0 Å². The van der Waals surface area contributed by atoms with Gasteiger partial charge in [-0.25, -0.2) is 17.8 Å². The van der Waals surface area contributed by atoms with Gasteiger partial charge in [-0.2, -0.15) is 0 Å². The van der Waals surface area contributed by atoms with Gasteiger partial charge in [-0.1, -0.05) is 39.3 Å². The fourth-order valence-electron chi connectivity index (χ4n) is 0.625. The Hall–Kier alpha value is 1.68. The second kappa shape index (κ2) is 6.22. The topological polar surface area (TPSA) is 0 Å². The van der Waals surface area contributed by atoms with E-state index in [1.54, 1.807) is 0 Å². The van der Waals surface area contributed by atoms with Gasteiger partial charge in [0.05, 0.1) is 0 Å². The molecule has 0 aromatic rings. The maximum absolute atomic E-state index is 2.41. The molecule has 0 saturated heterocycles. The van der Waals surface area contributed by atoms with Crippen molar-refractivity contribution in [2.45, 2.75) is 39.3 Å². The van der Waals surface area contributed by atoms with Gasteiger partial charge in [0.15, 0.2) is 0 Å². The van der Waals surface area contributed by atoms with Crippen LogP contribution in [0.3, 0.4) is 0 Å². The van der Waals surface area contributed by atoms with Gasteiger partial charge in [0.25, 0.3) is 0 Å². The first kappa shape index (κ1) is 16.1. The van der Waals surface area contributed by atoms with Gasteiger partial charge in [-0.05, 0) is 16.1 Å². The maximum atomic E-state index is 2.41. The SMILES string of the molecule is C[Si](C)(C)C=C[CH-][Si](C)(C)C.[K+]. The van der Waals surface area contributed by atoms with Crippen LogP contribution in [0.2, 0.25) is 39.3 Å². The molecule has 0 bridgehead atoms. The summed E-state index contributed by atoms with van der Waals surface area (Å²) in [6.07, 6.45) is 2.29. The summed E-state index contributed by atoms with van der Waals surface area (Å²) >= 11 is 0. The Morgan fingerprint density at radius 1 is 0.917 bits per heavy atom. The third-order valence-electron chi connectivity index (χ3n) is 1.19. The quantitative estimate of drug-likeness (QED) is 0.484. The Balaban J connectivity index is 0. The van der Waals surface area contributed by atoms with E-state index in [1.165, 1.54) is 0 Å². The van der Waals surface area contributed by atoms with Crippen LogP contribution in [-0.2, 0) is 0 Å². The minimum atomic E-state index is -0.947. The zero-order valence-corrected chi connectivity index (χ0v) is 14.9. The van der Waals surface area contributed by atoms with Gasteiger partial charge in [0.2, 0.25) is 0 Å². The molecule has 0 aliphatic heterocycles. The average molecular weight is 225 g/mol. The Labute approximate surface area is 123 Å². The minimum absolute atomic E-state index is 0. The van der Waals surface area contributed by atoms with E-state index in [4.69, 9.17) is 0 Å². The molecule has 0 heterocycles. The molecule has 0 amide bonds. The zero-order chi connectivity index (χ0) is 9.12. The predicted molar refractivity (Wildman–Crippen MR) is 60.1 cm³/mol. The number of hydrogen-bond acceptors (Lipinski definition) is 0. The summed E-state index contributed by atoms with van der Waals surface area (Å²) in [5.41, 5.74) is 2.41. The van der Waals surface area contributed by atoms with Gasteiger partial charge in [-0.3, -0.25) is 0 Å². The van der Waals surface area contributed by atoms with Gasteiger partial charge in [0, 0.05) is 0 Å². The second-order valence-electron chi connectivity index (χ2n) is 5.26. The van der Waals surface area contributed by atoms with Gasteiger partial charge >= 0.3 is 51.4 Å². The summed E-state index contributed by atoms with van der Waals surface area (Å²) in [6.45, 7) is 14.2. The average Bonchev–Trinajstić information content (AvgIpc) is 1.55. The van der Waals surface area contributed by atoms with Gasteiger partial charge < -0.3 is 0 Å². The molecule has 0 spiro atoms. The predicted octanol–water partition coefficient (Wildman–Crippen LogP) is 0.506. The molecule has 0 saturated carbocycles. The normalized spacial score (nSPS) is 12.8. The standard InChI is InChI=1S/C9H21Si2.K/c1-10(2,3)8-7-9-11(4,5)6;/h7-9H,1-6H3;/q-1;+1. The van der Waals surface area contributed by atoms with Crippen LogP contribution >= 0.6 is 0 Å². The van der Waals surface area contributed by atoms with E-state index in [-0.39, 0.29) is 51.4 Å². The molecule has 0 nitrogen and oxygen atoms in total. The molecular weight excluding hydrogens is 203 g/mol. The van der Waals surface area contributed by atoms with Crippen molar-refractivity contribution in [3.05, 3.63) is 17.8 Å². The van der Waals surface area contributed by atoms with Crippen molar-refractivity contribution < 1.29 is 51.4 Å². The van der Waals surface area contributed by atoms with E-state index in [2.05, 4.69) is 57.1 Å². The van der Waals surface area contributed by atoms with Crippen molar-refractivity contribution in [3.8, 4) is 0 Å². The van der Waals surface area contributed by atoms with Gasteiger partial charge in [0.1, 0.15) is 0 Å². The Morgan fingerprint density at radius 3 is 1.58 bits per heavy atom. The second-order valence-corrected chi connectivity index (χ2v) is 15.4. The van der Waals surface area contributed by atoms with Crippen molar-refractivity contribution in [3.63, 3.8) is 0 Å². The molecule has 0 atom stereocenters. The molecule has 3 heteroatoms. The molecular formula is C9H21KSi2. The van der Waals surface area contributed by atoms with Crippen LogP contribution in [-0.4, -0.2) is 16.1 Å². The van der Waals surface area contributed by atoms with Crippen LogP contribution < -0.4 is 51.4 Å². The third-order valence-corrected chi connectivity index (χ3v) is 3.58. The van der Waals surface area contributed by atoms with Gasteiger partial charge in [-0.15, -0.1) is 0 Å².